The molecule has 0 unspecified atom stereocenters. The molecule has 0 N–H and O–H groups in total. The Morgan fingerprint density at radius 2 is 1.67 bits per heavy atom. The first kappa shape index (κ1) is 16.3. The fourth-order valence-corrected chi connectivity index (χ4v) is 3.37. The van der Waals surface area contributed by atoms with Crippen molar-refractivity contribution in [1.82, 2.24) is 4.98 Å². The second-order valence-corrected chi connectivity index (χ2v) is 7.10. The third-order valence-electron chi connectivity index (χ3n) is 2.99. The monoisotopic (exact) mass is 333 g/mol. The van der Waals surface area contributed by atoms with Gasteiger partial charge in [-0.2, -0.15) is 13.2 Å². The van der Waals surface area contributed by atoms with E-state index in [2.05, 4.69) is 4.98 Å². The smallest absolute Gasteiger partial charge is 0.240 e. The van der Waals surface area contributed by atoms with Crippen molar-refractivity contribution in [2.45, 2.75) is 38.2 Å². The van der Waals surface area contributed by atoms with Crippen LogP contribution in [0.3, 0.4) is 0 Å². The van der Waals surface area contributed by atoms with Crippen molar-refractivity contribution in [2.75, 3.05) is 0 Å². The van der Waals surface area contributed by atoms with Gasteiger partial charge in [0.1, 0.15) is 5.01 Å². The Morgan fingerprint density at radius 1 is 1.10 bits per heavy atom. The van der Waals surface area contributed by atoms with E-state index in [0.717, 1.165) is 22.7 Å². The van der Waals surface area contributed by atoms with Gasteiger partial charge in [0.25, 0.3) is 0 Å². The van der Waals surface area contributed by atoms with Crippen LogP contribution in [0.2, 0.25) is 0 Å². The maximum atomic E-state index is 12.6. The molecule has 0 saturated heterocycles. The third-order valence-corrected chi connectivity index (χ3v) is 4.52. The lowest BCUT2D eigenvalue weighted by Crippen LogP contribution is -2.13. The lowest BCUT2D eigenvalue weighted by Gasteiger charge is -2.16. The standard InChI is InChI=1S/C15H15ClF3NS/c1-14(2,3)12-11(8-16)21-13(20-12)9-4-6-10(7-5-9)15(17,18)19/h4-7H,8H2,1-3H3. The summed E-state index contributed by atoms with van der Waals surface area (Å²) in [5.41, 5.74) is 0.772. The van der Waals surface area contributed by atoms with E-state index < -0.39 is 11.7 Å². The first-order valence-electron chi connectivity index (χ1n) is 6.36. The lowest BCUT2D eigenvalue weighted by atomic mass is 9.91. The summed E-state index contributed by atoms with van der Waals surface area (Å²) >= 11 is 7.37. The lowest BCUT2D eigenvalue weighted by molar-refractivity contribution is -0.137. The van der Waals surface area contributed by atoms with Crippen LogP contribution in [0.15, 0.2) is 24.3 Å². The third kappa shape index (κ3) is 3.58. The quantitative estimate of drug-likeness (QED) is 0.627. The van der Waals surface area contributed by atoms with Crippen LogP contribution in [0, 0.1) is 0 Å². The zero-order chi connectivity index (χ0) is 15.8. The summed E-state index contributed by atoms with van der Waals surface area (Å²) in [4.78, 5) is 5.52. The van der Waals surface area contributed by atoms with Crippen LogP contribution in [0.1, 0.15) is 36.9 Å². The number of rotatable bonds is 2. The molecule has 1 nitrogen and oxygen atoms in total. The van der Waals surface area contributed by atoms with Crippen molar-refractivity contribution in [3.63, 3.8) is 0 Å². The molecular weight excluding hydrogens is 319 g/mol. The van der Waals surface area contributed by atoms with Crippen molar-refractivity contribution in [3.05, 3.63) is 40.4 Å². The second-order valence-electron chi connectivity index (χ2n) is 5.75. The molecule has 0 bridgehead atoms. The van der Waals surface area contributed by atoms with Gasteiger partial charge in [0.05, 0.1) is 17.1 Å². The summed E-state index contributed by atoms with van der Waals surface area (Å²) in [6, 6.07) is 5.06. The average Bonchev–Trinajstić information content (AvgIpc) is 2.82. The first-order chi connectivity index (χ1) is 9.63. The highest BCUT2D eigenvalue weighted by atomic mass is 35.5. The van der Waals surface area contributed by atoms with E-state index in [1.165, 1.54) is 23.5 Å². The van der Waals surface area contributed by atoms with Gasteiger partial charge in [0.2, 0.25) is 0 Å². The molecule has 0 aliphatic carbocycles. The molecule has 1 aromatic heterocycles. The van der Waals surface area contributed by atoms with Crippen LogP contribution in [0.25, 0.3) is 10.6 Å². The molecule has 0 aliphatic rings. The highest BCUT2D eigenvalue weighted by molar-refractivity contribution is 7.15. The van der Waals surface area contributed by atoms with Gasteiger partial charge < -0.3 is 0 Å². The van der Waals surface area contributed by atoms with Crippen molar-refractivity contribution in [1.29, 1.82) is 0 Å². The summed E-state index contributed by atoms with van der Waals surface area (Å²) < 4.78 is 37.7. The number of hydrogen-bond acceptors (Lipinski definition) is 2. The zero-order valence-electron chi connectivity index (χ0n) is 11.9. The fraction of sp³-hybridized carbons (Fsp3) is 0.400. The summed E-state index contributed by atoms with van der Waals surface area (Å²) in [7, 11) is 0. The number of thiazole rings is 1. The van der Waals surface area contributed by atoms with Gasteiger partial charge in [-0.05, 0) is 12.1 Å². The van der Waals surface area contributed by atoms with Gasteiger partial charge in [-0.3, -0.25) is 0 Å². The minimum atomic E-state index is -4.32. The number of aromatic nitrogens is 1. The van der Waals surface area contributed by atoms with Gasteiger partial charge in [0, 0.05) is 15.9 Å². The number of alkyl halides is 4. The van der Waals surface area contributed by atoms with E-state index in [4.69, 9.17) is 11.6 Å². The molecular formula is C15H15ClF3NS. The number of hydrogen-bond donors (Lipinski definition) is 0. The number of halogens is 4. The van der Waals surface area contributed by atoms with Crippen LogP contribution in [0.5, 0.6) is 0 Å². The maximum absolute atomic E-state index is 12.6. The maximum Gasteiger partial charge on any atom is 0.416 e. The van der Waals surface area contributed by atoms with Crippen molar-refractivity contribution in [3.8, 4) is 10.6 Å². The van der Waals surface area contributed by atoms with Crippen LogP contribution in [-0.2, 0) is 17.5 Å². The molecule has 0 atom stereocenters. The topological polar surface area (TPSA) is 12.9 Å². The Hall–Kier alpha value is -1.07. The second kappa shape index (κ2) is 5.61. The Morgan fingerprint density at radius 3 is 2.05 bits per heavy atom. The Bertz CT molecular complexity index is 624. The number of benzene rings is 1. The number of nitrogens with zero attached hydrogens (tertiary/aromatic N) is 1. The van der Waals surface area contributed by atoms with E-state index in [1.54, 1.807) is 0 Å². The Kier molecular flexibility index (Phi) is 4.36. The molecule has 2 aromatic rings. The summed E-state index contributed by atoms with van der Waals surface area (Å²) in [5.74, 6) is 0.352. The van der Waals surface area contributed by atoms with E-state index in [1.807, 2.05) is 20.8 Å². The van der Waals surface area contributed by atoms with E-state index in [9.17, 15) is 13.2 Å². The van der Waals surface area contributed by atoms with E-state index in [-0.39, 0.29) is 5.41 Å². The molecule has 0 spiro atoms. The van der Waals surface area contributed by atoms with Crippen molar-refractivity contribution in [2.24, 2.45) is 0 Å². The minimum absolute atomic E-state index is 0.148. The van der Waals surface area contributed by atoms with Crippen LogP contribution in [-0.4, -0.2) is 4.98 Å². The highest BCUT2D eigenvalue weighted by Crippen LogP contribution is 2.36. The predicted molar refractivity (Wildman–Crippen MR) is 80.8 cm³/mol. The largest absolute Gasteiger partial charge is 0.416 e. The Balaban J connectivity index is 2.41. The van der Waals surface area contributed by atoms with Gasteiger partial charge in [0.15, 0.2) is 0 Å². The minimum Gasteiger partial charge on any atom is -0.240 e. The average molecular weight is 334 g/mol. The van der Waals surface area contributed by atoms with E-state index in [0.29, 0.717) is 16.5 Å². The van der Waals surface area contributed by atoms with Gasteiger partial charge in [-0.1, -0.05) is 32.9 Å². The molecule has 0 radical (unpaired) electrons. The van der Waals surface area contributed by atoms with E-state index >= 15 is 0 Å². The highest BCUT2D eigenvalue weighted by Gasteiger charge is 2.30. The normalized spacial score (nSPS) is 12.7. The molecule has 0 saturated carbocycles. The van der Waals surface area contributed by atoms with Gasteiger partial charge in [-0.15, -0.1) is 22.9 Å². The fourth-order valence-electron chi connectivity index (χ4n) is 1.95. The van der Waals surface area contributed by atoms with Crippen molar-refractivity contribution < 1.29 is 13.2 Å². The Labute approximate surface area is 130 Å². The van der Waals surface area contributed by atoms with Crippen LogP contribution < -0.4 is 0 Å². The van der Waals surface area contributed by atoms with Crippen LogP contribution >= 0.6 is 22.9 Å². The zero-order valence-corrected chi connectivity index (χ0v) is 13.5. The molecule has 2 rings (SSSR count). The van der Waals surface area contributed by atoms with Crippen LogP contribution in [0.4, 0.5) is 13.2 Å². The summed E-state index contributed by atoms with van der Waals surface area (Å²) in [6.07, 6.45) is -4.32. The van der Waals surface area contributed by atoms with Crippen molar-refractivity contribution >= 4 is 22.9 Å². The molecule has 1 aromatic carbocycles. The van der Waals surface area contributed by atoms with Gasteiger partial charge >= 0.3 is 6.18 Å². The predicted octanol–water partition coefficient (Wildman–Crippen LogP) is 5.87. The molecule has 1 heterocycles. The molecule has 6 heteroatoms. The molecule has 0 amide bonds. The first-order valence-corrected chi connectivity index (χ1v) is 7.72. The molecule has 0 fully saturated rings. The van der Waals surface area contributed by atoms with Gasteiger partial charge in [-0.25, -0.2) is 4.98 Å². The molecule has 0 aliphatic heterocycles. The summed E-state index contributed by atoms with van der Waals surface area (Å²) in [6.45, 7) is 6.11. The SMILES string of the molecule is CC(C)(C)c1nc(-c2ccc(C(F)(F)F)cc2)sc1CCl. The summed E-state index contributed by atoms with van der Waals surface area (Å²) in [5, 5.41) is 0.698. The molecule has 114 valence electrons. The molecule has 21 heavy (non-hydrogen) atoms.